The number of ether oxygens (including phenoxy) is 2. The minimum atomic E-state index is -0.926. The summed E-state index contributed by atoms with van der Waals surface area (Å²) in [5.74, 6) is -0.772. The number of nitrogens with one attached hydrogen (secondary N) is 2. The van der Waals surface area contributed by atoms with E-state index in [0.717, 1.165) is 11.1 Å². The molecule has 0 spiro atoms. The molecule has 0 fully saturated rings. The Labute approximate surface area is 221 Å². The van der Waals surface area contributed by atoms with Gasteiger partial charge in [0.05, 0.1) is 17.3 Å². The first kappa shape index (κ1) is 26.5. The number of aryl methyl sites for hydroxylation is 1. The van der Waals surface area contributed by atoms with Crippen LogP contribution in [0.3, 0.4) is 0 Å². The van der Waals surface area contributed by atoms with Crippen molar-refractivity contribution in [3.8, 4) is 11.5 Å². The van der Waals surface area contributed by atoms with Crippen LogP contribution < -0.4 is 20.2 Å². The molecule has 0 aliphatic carbocycles. The minimum absolute atomic E-state index is 0.320. The van der Waals surface area contributed by atoms with Crippen LogP contribution in [-0.4, -0.2) is 24.6 Å². The molecule has 0 saturated carbocycles. The highest BCUT2D eigenvalue weighted by molar-refractivity contribution is 9.10. The van der Waals surface area contributed by atoms with Gasteiger partial charge in [-0.05, 0) is 82.9 Å². The smallest absolute Gasteiger partial charge is 0.329 e. The average molecular weight is 579 g/mol. The number of hydrogen-bond acceptors (Lipinski definition) is 5. The predicted octanol–water partition coefficient (Wildman–Crippen LogP) is 6.13. The first-order chi connectivity index (χ1) is 16.8. The van der Waals surface area contributed by atoms with Gasteiger partial charge in [-0.25, -0.2) is 5.43 Å². The number of halogens is 3. The molecule has 7 nitrogen and oxygen atoms in total. The molecule has 0 aromatic heterocycles. The standard InChI is InChI=1S/C25H22BrCl2N3O4/c1-3-34-22-11-17(10-20(26)23(22)35-14-16-5-7-18(27)8-6-16)13-29-31-25(33)24(32)30-19-9-4-15(2)21(28)12-19/h4-13H,3,14H2,1-2H3,(H,30,32)(H,31,33)/b29-13+. The lowest BCUT2D eigenvalue weighted by atomic mass is 10.2. The molecule has 0 unspecified atom stereocenters. The van der Waals surface area contributed by atoms with Gasteiger partial charge in [0.25, 0.3) is 0 Å². The van der Waals surface area contributed by atoms with Crippen LogP contribution in [0.2, 0.25) is 10.0 Å². The van der Waals surface area contributed by atoms with Crippen LogP contribution in [0.4, 0.5) is 5.69 Å². The van der Waals surface area contributed by atoms with Crippen molar-refractivity contribution < 1.29 is 19.1 Å². The molecule has 2 amide bonds. The number of hydrazone groups is 1. The fraction of sp³-hybridized carbons (Fsp3) is 0.160. The summed E-state index contributed by atoms with van der Waals surface area (Å²) < 4.78 is 12.3. The number of hydrogen-bond donors (Lipinski definition) is 2. The summed E-state index contributed by atoms with van der Waals surface area (Å²) in [6.45, 7) is 4.44. The van der Waals surface area contributed by atoms with E-state index in [0.29, 0.717) is 50.5 Å². The molecule has 10 heteroatoms. The van der Waals surface area contributed by atoms with E-state index in [1.54, 1.807) is 42.5 Å². The van der Waals surface area contributed by atoms with E-state index < -0.39 is 11.8 Å². The van der Waals surface area contributed by atoms with Crippen molar-refractivity contribution in [2.24, 2.45) is 5.10 Å². The van der Waals surface area contributed by atoms with Gasteiger partial charge in [-0.2, -0.15) is 5.10 Å². The van der Waals surface area contributed by atoms with Crippen LogP contribution in [0.1, 0.15) is 23.6 Å². The molecule has 0 aliphatic rings. The molecule has 182 valence electrons. The van der Waals surface area contributed by atoms with Crippen molar-refractivity contribution in [3.63, 3.8) is 0 Å². The summed E-state index contributed by atoms with van der Waals surface area (Å²) in [6, 6.07) is 15.8. The second kappa shape index (κ2) is 12.6. The lowest BCUT2D eigenvalue weighted by molar-refractivity contribution is -0.136. The first-order valence-electron chi connectivity index (χ1n) is 10.5. The molecule has 2 N–H and O–H groups in total. The number of carbonyl (C=O) groups is 2. The molecule has 3 aromatic rings. The van der Waals surface area contributed by atoms with E-state index >= 15 is 0 Å². The minimum Gasteiger partial charge on any atom is -0.490 e. The Kier molecular flexibility index (Phi) is 9.54. The number of benzene rings is 3. The summed E-state index contributed by atoms with van der Waals surface area (Å²) in [5.41, 5.74) is 5.03. The molecule has 0 atom stereocenters. The second-order valence-electron chi connectivity index (χ2n) is 7.30. The molecule has 0 heterocycles. The Morgan fingerprint density at radius 2 is 1.77 bits per heavy atom. The zero-order valence-electron chi connectivity index (χ0n) is 18.9. The third kappa shape index (κ3) is 7.71. The van der Waals surface area contributed by atoms with Gasteiger partial charge in [0, 0.05) is 15.7 Å². The molecule has 3 aromatic carbocycles. The second-order valence-corrected chi connectivity index (χ2v) is 8.99. The van der Waals surface area contributed by atoms with E-state index in [1.165, 1.54) is 6.21 Å². The van der Waals surface area contributed by atoms with E-state index in [2.05, 4.69) is 31.8 Å². The largest absolute Gasteiger partial charge is 0.490 e. The van der Waals surface area contributed by atoms with Crippen molar-refractivity contribution in [1.82, 2.24) is 5.43 Å². The highest BCUT2D eigenvalue weighted by Gasteiger charge is 2.15. The Morgan fingerprint density at radius 1 is 1.03 bits per heavy atom. The maximum atomic E-state index is 12.1. The molecule has 3 rings (SSSR count). The molecule has 0 radical (unpaired) electrons. The summed E-state index contributed by atoms with van der Waals surface area (Å²) in [6.07, 6.45) is 1.39. The van der Waals surface area contributed by atoms with Crippen LogP contribution in [0.25, 0.3) is 0 Å². The monoisotopic (exact) mass is 577 g/mol. The molecule has 0 aliphatic heterocycles. The van der Waals surface area contributed by atoms with Gasteiger partial charge in [-0.15, -0.1) is 0 Å². The highest BCUT2D eigenvalue weighted by atomic mass is 79.9. The van der Waals surface area contributed by atoms with Gasteiger partial charge in [-0.1, -0.05) is 41.4 Å². The maximum absolute atomic E-state index is 12.1. The number of rotatable bonds is 8. The van der Waals surface area contributed by atoms with E-state index in [-0.39, 0.29) is 0 Å². The fourth-order valence-corrected chi connectivity index (χ4v) is 3.76. The van der Waals surface area contributed by atoms with Gasteiger partial charge >= 0.3 is 11.8 Å². The zero-order chi connectivity index (χ0) is 25.4. The summed E-state index contributed by atoms with van der Waals surface area (Å²) in [5, 5.41) is 7.47. The Balaban J connectivity index is 1.64. The topological polar surface area (TPSA) is 89.0 Å². The van der Waals surface area contributed by atoms with Crippen LogP contribution in [-0.2, 0) is 16.2 Å². The van der Waals surface area contributed by atoms with Crippen molar-refractivity contribution in [2.75, 3.05) is 11.9 Å². The van der Waals surface area contributed by atoms with Gasteiger partial charge in [0.2, 0.25) is 0 Å². The van der Waals surface area contributed by atoms with Crippen molar-refractivity contribution >= 4 is 62.8 Å². The van der Waals surface area contributed by atoms with Gasteiger partial charge < -0.3 is 14.8 Å². The predicted molar refractivity (Wildman–Crippen MR) is 142 cm³/mol. The van der Waals surface area contributed by atoms with Gasteiger partial charge in [-0.3, -0.25) is 9.59 Å². The number of carbonyl (C=O) groups excluding carboxylic acids is 2. The summed E-state index contributed by atoms with van der Waals surface area (Å²) >= 11 is 15.5. The lowest BCUT2D eigenvalue weighted by Gasteiger charge is -2.14. The molecule has 0 bridgehead atoms. The third-order valence-electron chi connectivity index (χ3n) is 4.64. The van der Waals surface area contributed by atoms with Gasteiger partial charge in [0.15, 0.2) is 11.5 Å². The van der Waals surface area contributed by atoms with E-state index in [1.807, 2.05) is 26.0 Å². The van der Waals surface area contributed by atoms with Crippen LogP contribution in [0.15, 0.2) is 64.2 Å². The van der Waals surface area contributed by atoms with E-state index in [4.69, 9.17) is 32.7 Å². The summed E-state index contributed by atoms with van der Waals surface area (Å²) in [4.78, 5) is 24.2. The van der Waals surface area contributed by atoms with Crippen molar-refractivity contribution in [2.45, 2.75) is 20.5 Å². The normalized spacial score (nSPS) is 10.8. The molecular formula is C25H22BrCl2N3O4. The molecule has 0 saturated heterocycles. The number of amides is 2. The number of nitrogens with zero attached hydrogens (tertiary/aromatic N) is 1. The van der Waals surface area contributed by atoms with Crippen LogP contribution in [0.5, 0.6) is 11.5 Å². The average Bonchev–Trinajstić information content (AvgIpc) is 2.82. The highest BCUT2D eigenvalue weighted by Crippen LogP contribution is 2.37. The van der Waals surface area contributed by atoms with Crippen molar-refractivity contribution in [1.29, 1.82) is 0 Å². The Hall–Kier alpha value is -3.07. The molecule has 35 heavy (non-hydrogen) atoms. The molecular weight excluding hydrogens is 557 g/mol. The van der Waals surface area contributed by atoms with Gasteiger partial charge in [0.1, 0.15) is 6.61 Å². The quantitative estimate of drug-likeness (QED) is 0.191. The van der Waals surface area contributed by atoms with Crippen molar-refractivity contribution in [3.05, 3.63) is 85.8 Å². The van der Waals surface area contributed by atoms with Crippen LogP contribution in [0, 0.1) is 6.92 Å². The Bertz CT molecular complexity index is 1250. The SMILES string of the molecule is CCOc1cc(/C=N/NC(=O)C(=O)Nc2ccc(C)c(Cl)c2)cc(Br)c1OCc1ccc(Cl)cc1. The number of anilines is 1. The third-order valence-corrected chi connectivity index (χ3v) is 5.89. The first-order valence-corrected chi connectivity index (χ1v) is 12.1. The Morgan fingerprint density at radius 3 is 2.46 bits per heavy atom. The fourth-order valence-electron chi connectivity index (χ4n) is 2.88. The van der Waals surface area contributed by atoms with E-state index in [9.17, 15) is 9.59 Å². The zero-order valence-corrected chi connectivity index (χ0v) is 22.0. The summed E-state index contributed by atoms with van der Waals surface area (Å²) in [7, 11) is 0. The lowest BCUT2D eigenvalue weighted by Crippen LogP contribution is -2.32. The van der Waals surface area contributed by atoms with Crippen LogP contribution >= 0.6 is 39.1 Å². The maximum Gasteiger partial charge on any atom is 0.329 e.